The Morgan fingerprint density at radius 2 is 1.57 bits per heavy atom. The van der Waals surface area contributed by atoms with E-state index in [1.165, 1.54) is 6.07 Å². The minimum atomic E-state index is -1.11. The molecule has 0 saturated carbocycles. The standard InChI is InChI=1S/C23H23FN2O3S/c1-30(2,3)13-8-16-14-19(24)21(15-20(16)25-9-11-29-12-10-25)26-22(27)17-6-4-5-7-18(17)23(26)28/h4-7,14-15H,9-12H2,1-3H3. The molecule has 7 heteroatoms. The van der Waals surface area contributed by atoms with Crippen LogP contribution in [0.1, 0.15) is 26.3 Å². The summed E-state index contributed by atoms with van der Waals surface area (Å²) in [5.41, 5.74) is 1.79. The molecule has 1 saturated heterocycles. The van der Waals surface area contributed by atoms with Crippen LogP contribution in [0.4, 0.5) is 15.8 Å². The molecule has 0 radical (unpaired) electrons. The van der Waals surface area contributed by atoms with Gasteiger partial charge < -0.3 is 9.64 Å². The lowest BCUT2D eigenvalue weighted by Crippen LogP contribution is -2.37. The summed E-state index contributed by atoms with van der Waals surface area (Å²) in [6.07, 6.45) is 6.20. The number of hydrogen-bond acceptors (Lipinski definition) is 4. The highest BCUT2D eigenvalue weighted by atomic mass is 32.3. The van der Waals surface area contributed by atoms with Gasteiger partial charge >= 0.3 is 0 Å². The number of halogens is 1. The number of ether oxygens (including phenoxy) is 1. The average Bonchev–Trinajstić information content (AvgIpc) is 2.97. The highest BCUT2D eigenvalue weighted by Gasteiger charge is 2.38. The highest BCUT2D eigenvalue weighted by molar-refractivity contribution is 8.35. The number of hydrogen-bond donors (Lipinski definition) is 0. The summed E-state index contributed by atoms with van der Waals surface area (Å²) in [6.45, 7) is 2.36. The molecule has 0 spiro atoms. The monoisotopic (exact) mass is 426 g/mol. The first-order valence-corrected chi connectivity index (χ1v) is 12.5. The first kappa shape index (κ1) is 20.5. The van der Waals surface area contributed by atoms with Crippen molar-refractivity contribution in [2.45, 2.75) is 0 Å². The number of carbonyl (C=O) groups is 2. The SMILES string of the molecule is CS(C)(C)C#Cc1cc(F)c(N2C(=O)c3ccccc3C2=O)cc1N1CCOCC1. The van der Waals surface area contributed by atoms with Gasteiger partial charge in [-0.2, -0.15) is 10.0 Å². The van der Waals surface area contributed by atoms with E-state index < -0.39 is 27.7 Å². The van der Waals surface area contributed by atoms with E-state index in [9.17, 15) is 9.59 Å². The van der Waals surface area contributed by atoms with Crippen molar-refractivity contribution in [2.75, 3.05) is 54.9 Å². The van der Waals surface area contributed by atoms with Crippen molar-refractivity contribution in [1.82, 2.24) is 0 Å². The van der Waals surface area contributed by atoms with Crippen molar-refractivity contribution >= 4 is 33.2 Å². The second kappa shape index (κ2) is 7.78. The van der Waals surface area contributed by atoms with E-state index in [4.69, 9.17) is 4.74 Å². The van der Waals surface area contributed by atoms with Crippen LogP contribution < -0.4 is 9.80 Å². The Labute approximate surface area is 177 Å². The van der Waals surface area contributed by atoms with E-state index in [2.05, 4.69) is 34.8 Å². The second-order valence-electron chi connectivity index (χ2n) is 7.98. The number of fused-ring (bicyclic) bond motifs is 1. The molecule has 4 rings (SSSR count). The average molecular weight is 427 g/mol. The van der Waals surface area contributed by atoms with Crippen LogP contribution in [0.15, 0.2) is 36.4 Å². The Bertz CT molecular complexity index is 1060. The second-order valence-corrected chi connectivity index (χ2v) is 11.9. The molecule has 0 aliphatic carbocycles. The van der Waals surface area contributed by atoms with Crippen molar-refractivity contribution < 1.29 is 18.7 Å². The summed E-state index contributed by atoms with van der Waals surface area (Å²) < 4.78 is 20.6. The molecule has 2 aliphatic heterocycles. The van der Waals surface area contributed by atoms with E-state index in [1.54, 1.807) is 30.3 Å². The molecule has 0 unspecified atom stereocenters. The maximum absolute atomic E-state index is 15.2. The number of rotatable bonds is 2. The molecule has 5 nitrogen and oxygen atoms in total. The van der Waals surface area contributed by atoms with E-state index in [0.29, 0.717) is 37.6 Å². The van der Waals surface area contributed by atoms with Crippen LogP contribution in [0.2, 0.25) is 0 Å². The van der Waals surface area contributed by atoms with Crippen molar-refractivity contribution in [3.05, 3.63) is 58.9 Å². The Hall–Kier alpha value is -2.82. The Kier molecular flexibility index (Phi) is 5.31. The fourth-order valence-electron chi connectivity index (χ4n) is 3.50. The lowest BCUT2D eigenvalue weighted by atomic mass is 10.1. The molecule has 1 fully saturated rings. The van der Waals surface area contributed by atoms with Gasteiger partial charge in [0, 0.05) is 13.1 Å². The molecule has 2 heterocycles. The maximum atomic E-state index is 15.2. The van der Waals surface area contributed by atoms with E-state index in [1.807, 2.05) is 0 Å². The third kappa shape index (κ3) is 3.81. The summed E-state index contributed by atoms with van der Waals surface area (Å²) >= 11 is 0. The number of anilines is 2. The third-order valence-corrected chi connectivity index (χ3v) is 5.66. The summed E-state index contributed by atoms with van der Waals surface area (Å²) in [5, 5.41) is 3.23. The summed E-state index contributed by atoms with van der Waals surface area (Å²) in [6, 6.07) is 9.46. The Morgan fingerprint density at radius 1 is 0.967 bits per heavy atom. The van der Waals surface area contributed by atoms with Gasteiger partial charge in [-0.1, -0.05) is 18.1 Å². The lowest BCUT2D eigenvalue weighted by molar-refractivity contribution is 0.0924. The largest absolute Gasteiger partial charge is 0.378 e. The van der Waals surface area contributed by atoms with Crippen LogP contribution >= 0.6 is 10.0 Å². The fourth-order valence-corrected chi connectivity index (χ4v) is 3.92. The molecule has 0 bridgehead atoms. The minimum absolute atomic E-state index is 0.0450. The van der Waals surface area contributed by atoms with Gasteiger partial charge in [-0.15, -0.1) is 0 Å². The molecule has 0 N–H and O–H groups in total. The zero-order valence-corrected chi connectivity index (χ0v) is 18.0. The fraction of sp³-hybridized carbons (Fsp3) is 0.304. The van der Waals surface area contributed by atoms with Gasteiger partial charge in [0.15, 0.2) is 0 Å². The van der Waals surface area contributed by atoms with Crippen LogP contribution in [0.3, 0.4) is 0 Å². The smallest absolute Gasteiger partial charge is 0.266 e. The minimum Gasteiger partial charge on any atom is -0.378 e. The zero-order valence-electron chi connectivity index (χ0n) is 17.2. The van der Waals surface area contributed by atoms with Crippen molar-refractivity contribution in [3.8, 4) is 11.2 Å². The Balaban J connectivity index is 1.83. The number of morpholine rings is 1. The number of carbonyl (C=O) groups excluding carboxylic acids is 2. The first-order chi connectivity index (χ1) is 14.3. The molecule has 2 aromatic carbocycles. The van der Waals surface area contributed by atoms with Crippen LogP contribution in [0.5, 0.6) is 0 Å². The zero-order chi connectivity index (χ0) is 21.5. The highest BCUT2D eigenvalue weighted by Crippen LogP contribution is 2.36. The van der Waals surface area contributed by atoms with E-state index >= 15 is 4.39 Å². The summed E-state index contributed by atoms with van der Waals surface area (Å²) in [7, 11) is -1.11. The van der Waals surface area contributed by atoms with Crippen molar-refractivity contribution in [3.63, 3.8) is 0 Å². The van der Waals surface area contributed by atoms with Gasteiger partial charge in [0.1, 0.15) is 5.82 Å². The molecular weight excluding hydrogens is 403 g/mol. The molecule has 0 aromatic heterocycles. The summed E-state index contributed by atoms with van der Waals surface area (Å²) in [4.78, 5) is 28.7. The maximum Gasteiger partial charge on any atom is 0.266 e. The number of amides is 2. The number of imide groups is 1. The molecule has 2 aromatic rings. The van der Waals surface area contributed by atoms with Gasteiger partial charge in [0.05, 0.1) is 41.3 Å². The molecule has 0 atom stereocenters. The summed E-state index contributed by atoms with van der Waals surface area (Å²) in [5.74, 6) is 1.45. The van der Waals surface area contributed by atoms with Crippen LogP contribution in [-0.4, -0.2) is 56.9 Å². The van der Waals surface area contributed by atoms with Crippen molar-refractivity contribution in [2.24, 2.45) is 0 Å². The Morgan fingerprint density at radius 3 is 2.13 bits per heavy atom. The topological polar surface area (TPSA) is 49.9 Å². The van der Waals surface area contributed by atoms with Crippen LogP contribution in [0, 0.1) is 17.0 Å². The van der Waals surface area contributed by atoms with Gasteiger partial charge in [0.25, 0.3) is 11.8 Å². The first-order valence-electron chi connectivity index (χ1n) is 9.61. The van der Waals surface area contributed by atoms with Gasteiger partial charge in [-0.05, 0) is 48.3 Å². The number of benzene rings is 2. The predicted octanol–water partition coefficient (Wildman–Crippen LogP) is 3.47. The van der Waals surface area contributed by atoms with Gasteiger partial charge in [-0.25, -0.2) is 9.29 Å². The van der Waals surface area contributed by atoms with Crippen LogP contribution in [-0.2, 0) is 4.74 Å². The normalized spacial score (nSPS) is 16.9. The van der Waals surface area contributed by atoms with Crippen molar-refractivity contribution in [1.29, 1.82) is 0 Å². The quantitative estimate of drug-likeness (QED) is 0.545. The number of nitrogens with zero attached hydrogens (tertiary/aromatic N) is 2. The van der Waals surface area contributed by atoms with Crippen LogP contribution in [0.25, 0.3) is 0 Å². The third-order valence-electron chi connectivity index (χ3n) is 4.94. The van der Waals surface area contributed by atoms with E-state index in [-0.39, 0.29) is 16.8 Å². The van der Waals surface area contributed by atoms with E-state index in [0.717, 1.165) is 4.90 Å². The predicted molar refractivity (Wildman–Crippen MR) is 119 cm³/mol. The molecular formula is C23H23FN2O3S. The molecule has 30 heavy (non-hydrogen) atoms. The molecule has 2 aliphatic rings. The lowest BCUT2D eigenvalue weighted by Gasteiger charge is -2.31. The van der Waals surface area contributed by atoms with Gasteiger partial charge in [0.2, 0.25) is 0 Å². The molecule has 2 amide bonds. The molecule has 156 valence electrons. The van der Waals surface area contributed by atoms with Gasteiger partial charge in [-0.3, -0.25) is 9.59 Å².